The van der Waals surface area contributed by atoms with E-state index in [4.69, 9.17) is 4.74 Å². The molecule has 2 fully saturated rings. The Hall–Kier alpha value is -1.88. The Balaban J connectivity index is 1.27. The number of hydrogen-bond donors (Lipinski definition) is 0. The molecule has 1 atom stereocenters. The smallest absolute Gasteiger partial charge is 0.313 e. The zero-order chi connectivity index (χ0) is 28.5. The van der Waals surface area contributed by atoms with Crippen LogP contribution >= 0.6 is 0 Å². The number of benzene rings is 2. The molecule has 0 aromatic heterocycles. The van der Waals surface area contributed by atoms with Crippen molar-refractivity contribution in [3.8, 4) is 0 Å². The third-order valence-electron chi connectivity index (χ3n) is 9.54. The molecule has 2 saturated carbocycles. The van der Waals surface area contributed by atoms with E-state index < -0.39 is 18.9 Å². The Morgan fingerprint density at radius 2 is 1.40 bits per heavy atom. The molecule has 0 aliphatic heterocycles. The predicted molar refractivity (Wildman–Crippen MR) is 155 cm³/mol. The van der Waals surface area contributed by atoms with Crippen molar-refractivity contribution in [2.75, 3.05) is 0 Å². The van der Waals surface area contributed by atoms with Crippen LogP contribution in [0.15, 0.2) is 42.5 Å². The van der Waals surface area contributed by atoms with Gasteiger partial charge < -0.3 is 4.74 Å². The van der Waals surface area contributed by atoms with Gasteiger partial charge in [-0.25, -0.2) is 8.78 Å². The molecule has 0 N–H and O–H groups in total. The molecule has 1 unspecified atom stereocenters. The largest absolute Gasteiger partial charge is 0.391 e. The lowest BCUT2D eigenvalue weighted by Crippen LogP contribution is -2.27. The van der Waals surface area contributed by atoms with Gasteiger partial charge in [0.25, 0.3) is 0 Å². The van der Waals surface area contributed by atoms with Gasteiger partial charge in [0.15, 0.2) is 0 Å². The van der Waals surface area contributed by atoms with E-state index in [0.717, 1.165) is 55.9 Å². The molecule has 4 rings (SSSR count). The average molecular weight is 561 g/mol. The number of hydrogen-bond acceptors (Lipinski definition) is 1. The van der Waals surface area contributed by atoms with Crippen molar-refractivity contribution < 1.29 is 22.3 Å². The molecule has 0 heterocycles. The maximum atomic E-state index is 14.9. The van der Waals surface area contributed by atoms with Crippen molar-refractivity contribution in [2.45, 2.75) is 134 Å². The minimum absolute atomic E-state index is 0.0952. The standard InChI is InChI=1S/C35H48F4O/c1-3-5-6-8-26-9-14-28(15-10-26)29-18-20-31(21-19-29)34(37)35(38,39)40-24-27-13-22-32(33(36)23-27)30-16-11-25(7-4-2)12-17-30/h13,18-23,25-26,28,30,34H,3-12,14-17,24H2,1-2H3. The van der Waals surface area contributed by atoms with Crippen molar-refractivity contribution in [3.63, 3.8) is 0 Å². The minimum atomic E-state index is -4.01. The van der Waals surface area contributed by atoms with Crippen LogP contribution in [0, 0.1) is 17.7 Å². The molecule has 1 nitrogen and oxygen atoms in total. The van der Waals surface area contributed by atoms with Crippen molar-refractivity contribution >= 4 is 0 Å². The molecular weight excluding hydrogens is 512 g/mol. The van der Waals surface area contributed by atoms with Gasteiger partial charge in [0, 0.05) is 0 Å². The number of rotatable bonds is 13. The molecule has 5 heteroatoms. The molecule has 0 spiro atoms. The molecular formula is C35H48F4O. The van der Waals surface area contributed by atoms with Crippen LogP contribution in [0.3, 0.4) is 0 Å². The minimum Gasteiger partial charge on any atom is -0.313 e. The highest BCUT2D eigenvalue weighted by atomic mass is 19.3. The zero-order valence-electron chi connectivity index (χ0n) is 24.5. The van der Waals surface area contributed by atoms with Gasteiger partial charge in [-0.2, -0.15) is 8.78 Å². The van der Waals surface area contributed by atoms with E-state index in [2.05, 4.69) is 13.8 Å². The van der Waals surface area contributed by atoms with Crippen molar-refractivity contribution in [2.24, 2.45) is 11.8 Å². The van der Waals surface area contributed by atoms with Crippen molar-refractivity contribution in [1.82, 2.24) is 0 Å². The summed E-state index contributed by atoms with van der Waals surface area (Å²) < 4.78 is 63.9. The summed E-state index contributed by atoms with van der Waals surface area (Å²) in [4.78, 5) is 0. The third-order valence-corrected chi connectivity index (χ3v) is 9.54. The van der Waals surface area contributed by atoms with Crippen molar-refractivity contribution in [1.29, 1.82) is 0 Å². The lowest BCUT2D eigenvalue weighted by Gasteiger charge is -2.29. The Bertz CT molecular complexity index is 1020. The second-order valence-corrected chi connectivity index (χ2v) is 12.5. The Kier molecular flexibility index (Phi) is 11.5. The van der Waals surface area contributed by atoms with Gasteiger partial charge in [0.05, 0.1) is 6.61 Å². The van der Waals surface area contributed by atoms with Gasteiger partial charge in [-0.05, 0) is 103 Å². The third kappa shape index (κ3) is 8.33. The van der Waals surface area contributed by atoms with E-state index in [1.54, 1.807) is 24.3 Å². The second kappa shape index (κ2) is 14.8. The summed E-state index contributed by atoms with van der Waals surface area (Å²) in [5.74, 6) is 1.72. The fraction of sp³-hybridized carbons (Fsp3) is 0.657. The van der Waals surface area contributed by atoms with Gasteiger partial charge >= 0.3 is 6.11 Å². The molecule has 0 bridgehead atoms. The second-order valence-electron chi connectivity index (χ2n) is 12.5. The van der Waals surface area contributed by atoms with Gasteiger partial charge in [-0.1, -0.05) is 88.8 Å². The summed E-state index contributed by atoms with van der Waals surface area (Å²) >= 11 is 0. The van der Waals surface area contributed by atoms with Crippen LogP contribution < -0.4 is 0 Å². The van der Waals surface area contributed by atoms with Crippen molar-refractivity contribution in [3.05, 3.63) is 70.5 Å². The highest BCUT2D eigenvalue weighted by Crippen LogP contribution is 2.41. The average Bonchev–Trinajstić information content (AvgIpc) is 2.97. The number of unbranched alkanes of at least 4 members (excludes halogenated alkanes) is 2. The number of alkyl halides is 3. The van der Waals surface area contributed by atoms with E-state index >= 15 is 0 Å². The zero-order valence-corrected chi connectivity index (χ0v) is 24.5. The number of halogens is 4. The highest BCUT2D eigenvalue weighted by Gasteiger charge is 2.43. The topological polar surface area (TPSA) is 9.23 Å². The first-order chi connectivity index (χ1) is 19.3. The summed E-state index contributed by atoms with van der Waals surface area (Å²) in [5.41, 5.74) is 1.94. The fourth-order valence-corrected chi connectivity index (χ4v) is 7.01. The normalized spacial score (nSPS) is 24.6. The van der Waals surface area contributed by atoms with Crippen LogP contribution in [0.4, 0.5) is 17.6 Å². The fourth-order valence-electron chi connectivity index (χ4n) is 7.01. The maximum Gasteiger partial charge on any atom is 0.391 e. The molecule has 40 heavy (non-hydrogen) atoms. The lowest BCUT2D eigenvalue weighted by molar-refractivity contribution is -0.282. The van der Waals surface area contributed by atoms with E-state index in [0.29, 0.717) is 11.5 Å². The quantitative estimate of drug-likeness (QED) is 0.175. The van der Waals surface area contributed by atoms with E-state index in [1.165, 1.54) is 69.6 Å². The van der Waals surface area contributed by atoms with Gasteiger partial charge in [-0.3, -0.25) is 0 Å². The van der Waals surface area contributed by atoms with Crippen LogP contribution in [0.5, 0.6) is 0 Å². The van der Waals surface area contributed by atoms with E-state index in [1.807, 2.05) is 0 Å². The van der Waals surface area contributed by atoms with Crippen LogP contribution in [0.1, 0.15) is 144 Å². The molecule has 2 aromatic rings. The monoisotopic (exact) mass is 560 g/mol. The first kappa shape index (κ1) is 31.1. The Morgan fingerprint density at radius 3 is 2.00 bits per heavy atom. The summed E-state index contributed by atoms with van der Waals surface area (Å²) in [6.07, 6.45) is 9.68. The van der Waals surface area contributed by atoms with Gasteiger partial charge in [0.1, 0.15) is 5.82 Å². The number of ether oxygens (including phenoxy) is 1. The van der Waals surface area contributed by atoms with Gasteiger partial charge in [0.2, 0.25) is 6.17 Å². The van der Waals surface area contributed by atoms with E-state index in [9.17, 15) is 17.6 Å². The van der Waals surface area contributed by atoms with Gasteiger partial charge in [-0.15, -0.1) is 0 Å². The Morgan fingerprint density at radius 1 is 0.775 bits per heavy atom. The Labute approximate surface area is 239 Å². The van der Waals surface area contributed by atoms with Crippen LogP contribution in [-0.2, 0) is 11.3 Å². The molecule has 0 saturated heterocycles. The molecule has 0 radical (unpaired) electrons. The molecule has 2 aromatic carbocycles. The highest BCUT2D eigenvalue weighted by molar-refractivity contribution is 5.29. The molecule has 0 amide bonds. The van der Waals surface area contributed by atoms with Crippen LogP contribution in [0.2, 0.25) is 0 Å². The first-order valence-corrected chi connectivity index (χ1v) is 15.8. The predicted octanol–water partition coefficient (Wildman–Crippen LogP) is 11.6. The first-order valence-electron chi connectivity index (χ1n) is 15.8. The molecule has 2 aliphatic rings. The van der Waals surface area contributed by atoms with Crippen LogP contribution in [0.25, 0.3) is 0 Å². The molecule has 2 aliphatic carbocycles. The van der Waals surface area contributed by atoms with E-state index in [-0.39, 0.29) is 22.9 Å². The van der Waals surface area contributed by atoms with Crippen LogP contribution in [-0.4, -0.2) is 6.11 Å². The maximum absolute atomic E-state index is 14.9. The summed E-state index contributed by atoms with van der Waals surface area (Å²) in [6, 6.07) is 11.1. The lowest BCUT2D eigenvalue weighted by atomic mass is 9.77. The summed E-state index contributed by atoms with van der Waals surface area (Å²) in [5, 5.41) is 0. The summed E-state index contributed by atoms with van der Waals surface area (Å²) in [6.45, 7) is 3.87. The molecule has 222 valence electrons. The summed E-state index contributed by atoms with van der Waals surface area (Å²) in [7, 11) is 0. The SMILES string of the molecule is CCCCCC1CCC(c2ccc(C(F)C(F)(F)OCc3ccc(C4CCC(CCC)CC4)c(F)c3)cc2)CC1.